The number of rotatable bonds is 5. The molecule has 1 aliphatic rings. The fourth-order valence-corrected chi connectivity index (χ4v) is 2.86. The monoisotopic (exact) mass is 249 g/mol. The van der Waals surface area contributed by atoms with E-state index in [4.69, 9.17) is 0 Å². The first-order valence-electron chi connectivity index (χ1n) is 7.54. The van der Waals surface area contributed by atoms with Crippen LogP contribution in [0.15, 0.2) is 12.3 Å². The Morgan fingerprint density at radius 3 is 2.61 bits per heavy atom. The van der Waals surface area contributed by atoms with Crippen molar-refractivity contribution in [3.63, 3.8) is 0 Å². The molecule has 18 heavy (non-hydrogen) atoms. The highest BCUT2D eigenvalue weighted by Crippen LogP contribution is 2.21. The summed E-state index contributed by atoms with van der Waals surface area (Å²) in [6, 6.07) is 2.11. The van der Waals surface area contributed by atoms with E-state index in [1.54, 1.807) is 0 Å². The third-order valence-corrected chi connectivity index (χ3v) is 3.98. The summed E-state index contributed by atoms with van der Waals surface area (Å²) in [5.41, 5.74) is 1.20. The number of nitrogens with one attached hydrogen (secondary N) is 1. The van der Waals surface area contributed by atoms with Gasteiger partial charge in [0.1, 0.15) is 0 Å². The molecule has 0 amide bonds. The lowest BCUT2D eigenvalue weighted by atomic mass is 9.91. The minimum atomic E-state index is 0.911. The van der Waals surface area contributed by atoms with Crippen LogP contribution in [0.3, 0.4) is 0 Å². The molecule has 0 aliphatic heterocycles. The van der Waals surface area contributed by atoms with Crippen LogP contribution < -0.4 is 5.32 Å². The van der Waals surface area contributed by atoms with E-state index in [0.29, 0.717) is 0 Å². The van der Waals surface area contributed by atoms with E-state index < -0.39 is 0 Å². The minimum Gasteiger partial charge on any atom is -0.316 e. The lowest BCUT2D eigenvalue weighted by Gasteiger charge is -2.19. The van der Waals surface area contributed by atoms with Crippen LogP contribution in [0.5, 0.6) is 0 Å². The summed E-state index contributed by atoms with van der Waals surface area (Å²) in [6.45, 7) is 2.26. The predicted molar refractivity (Wildman–Crippen MR) is 75.6 cm³/mol. The molecular weight excluding hydrogens is 222 g/mol. The quantitative estimate of drug-likeness (QED) is 0.813. The van der Waals surface area contributed by atoms with Crippen molar-refractivity contribution in [2.45, 2.75) is 51.4 Å². The summed E-state index contributed by atoms with van der Waals surface area (Å²) in [6.07, 6.45) is 13.2. The molecule has 1 saturated carbocycles. The molecule has 0 aromatic carbocycles. The Kier molecular flexibility index (Phi) is 5.72. The van der Waals surface area contributed by atoms with E-state index >= 15 is 0 Å². The van der Waals surface area contributed by atoms with Crippen LogP contribution in [-0.4, -0.2) is 22.9 Å². The maximum Gasteiger partial charge on any atom is 0.0637 e. The molecule has 3 nitrogen and oxygen atoms in total. The van der Waals surface area contributed by atoms with Crippen LogP contribution in [0.25, 0.3) is 0 Å². The maximum atomic E-state index is 4.40. The van der Waals surface area contributed by atoms with E-state index in [9.17, 15) is 0 Å². The average molecular weight is 249 g/mol. The molecule has 2 rings (SSSR count). The Labute approximate surface area is 111 Å². The molecule has 0 bridgehead atoms. The van der Waals surface area contributed by atoms with E-state index in [-0.39, 0.29) is 0 Å². The fraction of sp³-hybridized carbons (Fsp3) is 0.800. The van der Waals surface area contributed by atoms with Gasteiger partial charge in [-0.2, -0.15) is 5.10 Å². The zero-order valence-electron chi connectivity index (χ0n) is 11.7. The fourth-order valence-electron chi connectivity index (χ4n) is 2.86. The summed E-state index contributed by atoms with van der Waals surface area (Å²) in [5, 5.41) is 8.01. The van der Waals surface area contributed by atoms with Crippen molar-refractivity contribution in [2.75, 3.05) is 13.1 Å². The van der Waals surface area contributed by atoms with Gasteiger partial charge in [-0.1, -0.05) is 32.1 Å². The van der Waals surface area contributed by atoms with Crippen LogP contribution in [0.2, 0.25) is 0 Å². The summed E-state index contributed by atoms with van der Waals surface area (Å²) < 4.78 is 1.88. The maximum absolute atomic E-state index is 4.40. The van der Waals surface area contributed by atoms with Crippen molar-refractivity contribution in [2.24, 2.45) is 13.0 Å². The van der Waals surface area contributed by atoms with Gasteiger partial charge in [-0.3, -0.25) is 4.68 Å². The van der Waals surface area contributed by atoms with Gasteiger partial charge >= 0.3 is 0 Å². The highest BCUT2D eigenvalue weighted by Gasteiger charge is 2.10. The summed E-state index contributed by atoms with van der Waals surface area (Å²) in [4.78, 5) is 0. The van der Waals surface area contributed by atoms with Crippen LogP contribution in [0, 0.1) is 5.92 Å². The van der Waals surface area contributed by atoms with Gasteiger partial charge in [0.2, 0.25) is 0 Å². The number of hydrogen-bond donors (Lipinski definition) is 1. The number of hydrogen-bond acceptors (Lipinski definition) is 2. The number of aromatic nitrogens is 2. The largest absolute Gasteiger partial charge is 0.316 e. The first-order valence-corrected chi connectivity index (χ1v) is 7.54. The summed E-state index contributed by atoms with van der Waals surface area (Å²) in [5.74, 6) is 0.911. The molecule has 0 atom stereocenters. The van der Waals surface area contributed by atoms with E-state index in [2.05, 4.69) is 16.5 Å². The molecule has 3 heteroatoms. The van der Waals surface area contributed by atoms with Crippen LogP contribution >= 0.6 is 0 Å². The van der Waals surface area contributed by atoms with Crippen LogP contribution in [0.1, 0.15) is 50.6 Å². The van der Waals surface area contributed by atoms with Crippen molar-refractivity contribution in [1.29, 1.82) is 0 Å². The second kappa shape index (κ2) is 7.57. The van der Waals surface area contributed by atoms with Gasteiger partial charge in [0.05, 0.1) is 5.69 Å². The Bertz CT molecular complexity index is 324. The molecule has 1 fully saturated rings. The van der Waals surface area contributed by atoms with Crippen molar-refractivity contribution < 1.29 is 0 Å². The molecule has 0 radical (unpaired) electrons. The van der Waals surface area contributed by atoms with Gasteiger partial charge < -0.3 is 5.32 Å². The Hall–Kier alpha value is -0.830. The Balaban J connectivity index is 1.59. The van der Waals surface area contributed by atoms with E-state index in [1.807, 2.05) is 17.9 Å². The summed E-state index contributed by atoms with van der Waals surface area (Å²) in [7, 11) is 1.98. The second-order valence-corrected chi connectivity index (χ2v) is 5.65. The molecule has 0 saturated heterocycles. The molecule has 1 aromatic rings. The minimum absolute atomic E-state index is 0.911. The lowest BCUT2D eigenvalue weighted by Crippen LogP contribution is -2.25. The van der Waals surface area contributed by atoms with Crippen LogP contribution in [-0.2, 0) is 13.5 Å². The van der Waals surface area contributed by atoms with Crippen molar-refractivity contribution in [3.05, 3.63) is 18.0 Å². The van der Waals surface area contributed by atoms with Crippen molar-refractivity contribution in [3.8, 4) is 0 Å². The van der Waals surface area contributed by atoms with Gasteiger partial charge in [-0.25, -0.2) is 0 Å². The third kappa shape index (κ3) is 4.81. The van der Waals surface area contributed by atoms with Gasteiger partial charge in [0, 0.05) is 26.2 Å². The lowest BCUT2D eigenvalue weighted by molar-refractivity contribution is 0.362. The topological polar surface area (TPSA) is 29.9 Å². The molecular formula is C15H27N3. The molecule has 102 valence electrons. The van der Waals surface area contributed by atoms with Crippen LogP contribution in [0.4, 0.5) is 0 Å². The third-order valence-electron chi connectivity index (χ3n) is 3.98. The zero-order valence-corrected chi connectivity index (χ0v) is 11.7. The summed E-state index contributed by atoms with van der Waals surface area (Å²) >= 11 is 0. The first kappa shape index (κ1) is 13.6. The zero-order chi connectivity index (χ0) is 12.6. The normalized spacial score (nSPS) is 18.5. The molecule has 1 aromatic heterocycles. The molecule has 1 N–H and O–H groups in total. The molecule has 1 heterocycles. The van der Waals surface area contributed by atoms with Gasteiger partial charge in [0.15, 0.2) is 0 Å². The van der Waals surface area contributed by atoms with E-state index in [1.165, 1.54) is 57.2 Å². The van der Waals surface area contributed by atoms with Crippen molar-refractivity contribution in [1.82, 2.24) is 15.1 Å². The number of aryl methyl sites for hydroxylation is 1. The van der Waals surface area contributed by atoms with Gasteiger partial charge in [-0.15, -0.1) is 0 Å². The molecule has 1 aliphatic carbocycles. The van der Waals surface area contributed by atoms with Gasteiger partial charge in [0.25, 0.3) is 0 Å². The average Bonchev–Trinajstić information content (AvgIpc) is 2.72. The molecule has 0 unspecified atom stereocenters. The highest BCUT2D eigenvalue weighted by atomic mass is 15.2. The van der Waals surface area contributed by atoms with Crippen molar-refractivity contribution >= 4 is 0 Å². The first-order chi connectivity index (χ1) is 8.84. The van der Waals surface area contributed by atoms with E-state index in [0.717, 1.165) is 18.9 Å². The Morgan fingerprint density at radius 2 is 1.94 bits per heavy atom. The smallest absolute Gasteiger partial charge is 0.0637 e. The molecule has 0 spiro atoms. The SMILES string of the molecule is Cn1ccc(CCNCC2CCCCCCC2)n1. The number of nitrogens with zero attached hydrogens (tertiary/aromatic N) is 2. The standard InChI is InChI=1S/C15H27N3/c1-18-12-10-15(17-18)9-11-16-13-14-7-5-3-2-4-6-8-14/h10,12,14,16H,2-9,11,13H2,1H3. The van der Waals surface area contributed by atoms with Gasteiger partial charge in [-0.05, 0) is 31.4 Å². The Morgan fingerprint density at radius 1 is 1.22 bits per heavy atom. The predicted octanol–water partition coefficient (Wildman–Crippen LogP) is 2.91. The second-order valence-electron chi connectivity index (χ2n) is 5.65. The highest BCUT2D eigenvalue weighted by molar-refractivity contribution is 4.98.